The van der Waals surface area contributed by atoms with Gasteiger partial charge in [0, 0.05) is 38.6 Å². The van der Waals surface area contributed by atoms with Gasteiger partial charge in [0.1, 0.15) is 15.9 Å². The van der Waals surface area contributed by atoms with Gasteiger partial charge in [0.05, 0.1) is 11.5 Å². The molecule has 2 aromatic rings. The van der Waals surface area contributed by atoms with E-state index < -0.39 is 37.8 Å². The Labute approximate surface area is 262 Å². The highest BCUT2D eigenvalue weighted by molar-refractivity contribution is 7.90. The van der Waals surface area contributed by atoms with Gasteiger partial charge in [-0.3, -0.25) is 4.79 Å². The molecular weight excluding hydrogens is 604 g/mol. The number of aryl methyl sites for hydroxylation is 1. The minimum Gasteiger partial charge on any atom is -0.480 e. The Kier molecular flexibility index (Phi) is 13.4. The zero-order valence-corrected chi connectivity index (χ0v) is 27.6. The predicted molar refractivity (Wildman–Crippen MR) is 172 cm³/mol. The molecule has 1 fully saturated rings. The van der Waals surface area contributed by atoms with Gasteiger partial charge in [0.2, 0.25) is 10.0 Å². The summed E-state index contributed by atoms with van der Waals surface area (Å²) in [7, 11) is -5.48. The van der Waals surface area contributed by atoms with E-state index in [-0.39, 0.29) is 30.0 Å². The molecule has 1 atom stereocenters. The Balaban J connectivity index is 1.95. The van der Waals surface area contributed by atoms with E-state index >= 15 is 0 Å². The van der Waals surface area contributed by atoms with Gasteiger partial charge in [-0.25, -0.2) is 21.6 Å². The van der Waals surface area contributed by atoms with Crippen molar-refractivity contribution in [2.24, 2.45) is 5.92 Å². The molecule has 0 radical (unpaired) electrons. The van der Waals surface area contributed by atoms with Gasteiger partial charge in [-0.05, 0) is 66.5 Å². The Morgan fingerprint density at radius 2 is 1.73 bits per heavy atom. The Bertz CT molecular complexity index is 1490. The van der Waals surface area contributed by atoms with Crippen molar-refractivity contribution in [1.82, 2.24) is 9.62 Å². The Morgan fingerprint density at radius 1 is 1.02 bits per heavy atom. The van der Waals surface area contributed by atoms with E-state index in [0.717, 1.165) is 36.6 Å². The number of carboxylic acids is 1. The molecule has 244 valence electrons. The maximum atomic E-state index is 13.5. The summed E-state index contributed by atoms with van der Waals surface area (Å²) >= 11 is 0. The minimum atomic E-state index is -3.59. The molecule has 12 heteroatoms. The summed E-state index contributed by atoms with van der Waals surface area (Å²) in [6.45, 7) is 2.78. The lowest BCUT2D eigenvalue weighted by molar-refractivity contribution is -0.139. The van der Waals surface area contributed by atoms with Crippen LogP contribution in [-0.4, -0.2) is 82.2 Å². The highest BCUT2D eigenvalue weighted by Crippen LogP contribution is 2.30. The van der Waals surface area contributed by atoms with E-state index in [1.165, 1.54) is 19.3 Å². The number of aliphatic carboxylic acids is 1. The van der Waals surface area contributed by atoms with Crippen molar-refractivity contribution in [3.8, 4) is 11.1 Å². The molecule has 1 unspecified atom stereocenters. The number of carbonyl (C=O) groups is 2. The van der Waals surface area contributed by atoms with Crippen molar-refractivity contribution in [1.29, 1.82) is 0 Å². The highest BCUT2D eigenvalue weighted by Gasteiger charge is 2.27. The van der Waals surface area contributed by atoms with Crippen molar-refractivity contribution in [2.75, 3.05) is 38.0 Å². The second-order valence-corrected chi connectivity index (χ2v) is 16.1. The lowest BCUT2D eigenvalue weighted by Gasteiger charge is -2.27. The molecule has 0 aliphatic heterocycles. The van der Waals surface area contributed by atoms with E-state index in [0.29, 0.717) is 36.6 Å². The van der Waals surface area contributed by atoms with Gasteiger partial charge in [0.15, 0.2) is 0 Å². The minimum absolute atomic E-state index is 0.0271. The standard InChI is InChI=1S/C32H46N2O8S2/c1-24-10-7-8-13-27(24)29-22-26(14-15-28(29)31(35)33-30(32(36)37)17-21-43(3,38)39)23-34(44(40,41)20-9-19-42-2)18-16-25-11-5-4-6-12-25/h7-8,10,13-15,22,25,30H,4-6,9,11-12,16-21,23H2,1-3H3,(H,33,35)(H,36,37). The van der Waals surface area contributed by atoms with E-state index in [1.807, 2.05) is 31.2 Å². The first-order chi connectivity index (χ1) is 20.8. The number of benzene rings is 2. The molecule has 0 saturated heterocycles. The van der Waals surface area contributed by atoms with Crippen LogP contribution in [0.25, 0.3) is 11.1 Å². The fraction of sp³-hybridized carbons (Fsp3) is 0.562. The largest absolute Gasteiger partial charge is 0.480 e. The SMILES string of the molecule is COCCCS(=O)(=O)N(CCC1CCCCC1)Cc1ccc(C(=O)NC(CCS(C)(=O)=O)C(=O)O)c(-c2ccccc2C)c1. The third kappa shape index (κ3) is 11.0. The number of carboxylic acid groups (broad SMARTS) is 1. The summed E-state index contributed by atoms with van der Waals surface area (Å²) in [5.74, 6) is -1.90. The molecule has 0 heterocycles. The van der Waals surface area contributed by atoms with Crippen molar-refractivity contribution in [3.05, 3.63) is 59.2 Å². The summed E-state index contributed by atoms with van der Waals surface area (Å²) in [6.07, 6.45) is 7.71. The molecule has 1 amide bonds. The fourth-order valence-electron chi connectivity index (χ4n) is 5.65. The van der Waals surface area contributed by atoms with Crippen LogP contribution in [0.1, 0.15) is 72.9 Å². The molecule has 1 aliphatic carbocycles. The second kappa shape index (κ2) is 16.5. The van der Waals surface area contributed by atoms with E-state index in [9.17, 15) is 31.5 Å². The normalized spacial score (nSPS) is 15.3. The molecule has 3 rings (SSSR count). The molecule has 0 aromatic heterocycles. The number of amides is 1. The zero-order valence-electron chi connectivity index (χ0n) is 26.0. The Morgan fingerprint density at radius 3 is 2.36 bits per heavy atom. The van der Waals surface area contributed by atoms with Crippen molar-refractivity contribution in [2.45, 2.75) is 70.9 Å². The summed E-state index contributed by atoms with van der Waals surface area (Å²) in [6, 6.07) is 11.1. The first-order valence-electron chi connectivity index (χ1n) is 15.2. The van der Waals surface area contributed by atoms with Crippen molar-refractivity contribution < 1.29 is 36.3 Å². The molecule has 0 bridgehead atoms. The first kappa shape index (κ1) is 35.7. The monoisotopic (exact) mass is 650 g/mol. The number of nitrogens with one attached hydrogen (secondary N) is 1. The predicted octanol–water partition coefficient (Wildman–Crippen LogP) is 4.42. The van der Waals surface area contributed by atoms with Crippen LogP contribution in [0.3, 0.4) is 0 Å². The molecule has 44 heavy (non-hydrogen) atoms. The number of nitrogens with zero attached hydrogens (tertiary/aromatic N) is 1. The molecule has 1 aliphatic rings. The number of hydrogen-bond donors (Lipinski definition) is 2. The van der Waals surface area contributed by atoms with Crippen LogP contribution in [0.15, 0.2) is 42.5 Å². The summed E-state index contributed by atoms with van der Waals surface area (Å²) in [4.78, 5) is 25.3. The van der Waals surface area contributed by atoms with Gasteiger partial charge in [-0.1, -0.05) is 62.4 Å². The van der Waals surface area contributed by atoms with Crippen molar-refractivity contribution in [3.63, 3.8) is 0 Å². The lowest BCUT2D eigenvalue weighted by atomic mass is 9.87. The maximum Gasteiger partial charge on any atom is 0.326 e. The number of sulfone groups is 1. The number of methoxy groups -OCH3 is 1. The zero-order chi connectivity index (χ0) is 32.3. The van der Waals surface area contributed by atoms with Gasteiger partial charge in [-0.2, -0.15) is 4.31 Å². The molecule has 1 saturated carbocycles. The smallest absolute Gasteiger partial charge is 0.326 e. The van der Waals surface area contributed by atoms with E-state index in [2.05, 4.69) is 5.32 Å². The van der Waals surface area contributed by atoms with Gasteiger partial charge in [0.25, 0.3) is 5.91 Å². The quantitative estimate of drug-likeness (QED) is 0.239. The van der Waals surface area contributed by atoms with Crippen LogP contribution >= 0.6 is 0 Å². The summed E-state index contributed by atoms with van der Waals surface area (Å²) in [5.41, 5.74) is 3.08. The number of hydrogen-bond acceptors (Lipinski definition) is 7. The van der Waals surface area contributed by atoms with E-state index in [1.54, 1.807) is 29.6 Å². The topological polar surface area (TPSA) is 147 Å². The van der Waals surface area contributed by atoms with Gasteiger partial charge < -0.3 is 15.2 Å². The molecule has 2 aromatic carbocycles. The summed E-state index contributed by atoms with van der Waals surface area (Å²) in [5, 5.41) is 12.1. The maximum absolute atomic E-state index is 13.5. The number of rotatable bonds is 17. The molecule has 0 spiro atoms. The van der Waals surface area contributed by atoms with Gasteiger partial charge in [-0.15, -0.1) is 0 Å². The fourth-order valence-corrected chi connectivity index (χ4v) is 7.78. The number of ether oxygens (including phenoxy) is 1. The molecule has 2 N–H and O–H groups in total. The van der Waals surface area contributed by atoms with Gasteiger partial charge >= 0.3 is 5.97 Å². The van der Waals surface area contributed by atoms with Crippen LogP contribution in [0.4, 0.5) is 0 Å². The number of sulfonamides is 1. The Hall–Kier alpha value is -2.80. The van der Waals surface area contributed by atoms with Crippen LogP contribution in [0.5, 0.6) is 0 Å². The third-order valence-electron chi connectivity index (χ3n) is 8.16. The van der Waals surface area contributed by atoms with Crippen LogP contribution in [0, 0.1) is 12.8 Å². The van der Waals surface area contributed by atoms with Crippen molar-refractivity contribution >= 4 is 31.7 Å². The van der Waals surface area contributed by atoms with Crippen LogP contribution in [-0.2, 0) is 35.9 Å². The number of carbonyl (C=O) groups excluding carboxylic acids is 1. The second-order valence-electron chi connectivity index (χ2n) is 11.8. The molecular formula is C32H46N2O8S2. The van der Waals surface area contributed by atoms with Crippen LogP contribution < -0.4 is 5.32 Å². The average molecular weight is 651 g/mol. The lowest BCUT2D eigenvalue weighted by Crippen LogP contribution is -2.42. The first-order valence-corrected chi connectivity index (χ1v) is 18.8. The molecule has 10 nitrogen and oxygen atoms in total. The van der Waals surface area contributed by atoms with E-state index in [4.69, 9.17) is 4.74 Å². The average Bonchev–Trinajstić information content (AvgIpc) is 2.97. The van der Waals surface area contributed by atoms with Crippen LogP contribution in [0.2, 0.25) is 0 Å². The summed E-state index contributed by atoms with van der Waals surface area (Å²) < 4.78 is 56.9. The third-order valence-corrected chi connectivity index (χ3v) is 11.0. The highest BCUT2D eigenvalue weighted by atomic mass is 32.2.